The van der Waals surface area contributed by atoms with Crippen LogP contribution in [0.25, 0.3) is 0 Å². The summed E-state index contributed by atoms with van der Waals surface area (Å²) in [7, 11) is 0. The highest BCUT2D eigenvalue weighted by atomic mass is 35.5. The van der Waals surface area contributed by atoms with Crippen LogP contribution in [0, 0.1) is 6.92 Å². The van der Waals surface area contributed by atoms with Crippen molar-refractivity contribution in [3.8, 4) is 0 Å². The number of anilines is 1. The van der Waals surface area contributed by atoms with Gasteiger partial charge in [-0.25, -0.2) is 0 Å². The second-order valence-corrected chi connectivity index (χ2v) is 4.84. The van der Waals surface area contributed by atoms with Crippen LogP contribution in [-0.4, -0.2) is 0 Å². The first kappa shape index (κ1) is 13.0. The van der Waals surface area contributed by atoms with E-state index in [0.29, 0.717) is 6.04 Å². The van der Waals surface area contributed by atoms with Gasteiger partial charge in [-0.15, -0.1) is 0 Å². The number of hydrogen-bond acceptors (Lipinski definition) is 1. The molecule has 0 saturated heterocycles. The van der Waals surface area contributed by atoms with E-state index in [4.69, 9.17) is 11.6 Å². The molecule has 0 saturated carbocycles. The molecule has 1 unspecified atom stereocenters. The van der Waals surface area contributed by atoms with Crippen molar-refractivity contribution >= 4 is 17.3 Å². The van der Waals surface area contributed by atoms with Crippen LogP contribution >= 0.6 is 11.6 Å². The minimum atomic E-state index is 0.323. The molecule has 94 valence electrons. The van der Waals surface area contributed by atoms with Crippen molar-refractivity contribution in [2.75, 3.05) is 5.32 Å². The lowest BCUT2D eigenvalue weighted by Gasteiger charge is -2.20. The molecule has 2 aromatic carbocycles. The van der Waals surface area contributed by atoms with Crippen molar-refractivity contribution in [2.45, 2.75) is 26.3 Å². The van der Waals surface area contributed by atoms with E-state index in [0.717, 1.165) is 22.7 Å². The third kappa shape index (κ3) is 2.85. The van der Waals surface area contributed by atoms with Gasteiger partial charge in [0, 0.05) is 10.7 Å². The summed E-state index contributed by atoms with van der Waals surface area (Å²) in [5, 5.41) is 4.38. The van der Waals surface area contributed by atoms with Gasteiger partial charge in [-0.1, -0.05) is 54.9 Å². The van der Waals surface area contributed by atoms with Gasteiger partial charge < -0.3 is 5.32 Å². The van der Waals surface area contributed by atoms with Crippen LogP contribution in [0.4, 0.5) is 5.69 Å². The molecule has 2 rings (SSSR count). The van der Waals surface area contributed by atoms with Gasteiger partial charge in [0.25, 0.3) is 0 Å². The van der Waals surface area contributed by atoms with Crippen molar-refractivity contribution in [1.82, 2.24) is 0 Å². The molecular formula is C16H18ClN. The summed E-state index contributed by atoms with van der Waals surface area (Å²) in [6, 6.07) is 16.8. The largest absolute Gasteiger partial charge is 0.378 e. The standard InChI is InChI=1S/C16H18ClN/c1-3-15(13-8-5-4-6-9-13)18-16-11-7-10-14(17)12(16)2/h4-11,15,18H,3H2,1-2H3. The molecule has 0 radical (unpaired) electrons. The molecule has 2 aromatic rings. The first-order valence-corrected chi connectivity index (χ1v) is 6.66. The number of rotatable bonds is 4. The molecule has 0 bridgehead atoms. The van der Waals surface area contributed by atoms with Crippen LogP contribution in [0.5, 0.6) is 0 Å². The van der Waals surface area contributed by atoms with E-state index in [1.807, 2.05) is 25.1 Å². The van der Waals surface area contributed by atoms with Crippen LogP contribution in [0.1, 0.15) is 30.5 Å². The summed E-state index contributed by atoms with van der Waals surface area (Å²) in [5.74, 6) is 0. The van der Waals surface area contributed by atoms with Crippen molar-refractivity contribution in [1.29, 1.82) is 0 Å². The monoisotopic (exact) mass is 259 g/mol. The Morgan fingerprint density at radius 2 is 1.78 bits per heavy atom. The summed E-state index contributed by atoms with van der Waals surface area (Å²) >= 11 is 6.15. The lowest BCUT2D eigenvalue weighted by Crippen LogP contribution is -2.10. The molecule has 18 heavy (non-hydrogen) atoms. The van der Waals surface area contributed by atoms with Gasteiger partial charge in [0.05, 0.1) is 6.04 Å². The zero-order chi connectivity index (χ0) is 13.0. The van der Waals surface area contributed by atoms with E-state index >= 15 is 0 Å². The molecule has 0 aliphatic carbocycles. The van der Waals surface area contributed by atoms with Gasteiger partial charge >= 0.3 is 0 Å². The highest BCUT2D eigenvalue weighted by Crippen LogP contribution is 2.28. The predicted molar refractivity (Wildman–Crippen MR) is 79.3 cm³/mol. The third-order valence-corrected chi connectivity index (χ3v) is 3.62. The Labute approximate surface area is 114 Å². The zero-order valence-corrected chi connectivity index (χ0v) is 11.5. The second-order valence-electron chi connectivity index (χ2n) is 4.43. The van der Waals surface area contributed by atoms with E-state index in [2.05, 4.69) is 42.6 Å². The first-order chi connectivity index (χ1) is 8.72. The molecule has 0 heterocycles. The first-order valence-electron chi connectivity index (χ1n) is 6.29. The number of nitrogens with one attached hydrogen (secondary N) is 1. The lowest BCUT2D eigenvalue weighted by atomic mass is 10.0. The van der Waals surface area contributed by atoms with Crippen molar-refractivity contribution in [3.63, 3.8) is 0 Å². The third-order valence-electron chi connectivity index (χ3n) is 3.21. The summed E-state index contributed by atoms with van der Waals surface area (Å²) in [4.78, 5) is 0. The Balaban J connectivity index is 2.24. The topological polar surface area (TPSA) is 12.0 Å². The van der Waals surface area contributed by atoms with Crippen molar-refractivity contribution < 1.29 is 0 Å². The fourth-order valence-electron chi connectivity index (χ4n) is 2.06. The Morgan fingerprint density at radius 3 is 2.44 bits per heavy atom. The molecule has 2 heteroatoms. The number of benzene rings is 2. The summed E-state index contributed by atoms with van der Waals surface area (Å²) in [6.07, 6.45) is 1.04. The van der Waals surface area contributed by atoms with E-state index in [1.54, 1.807) is 0 Å². The molecule has 0 aliphatic heterocycles. The Kier molecular flexibility index (Phi) is 4.27. The molecule has 0 fully saturated rings. The molecule has 0 aliphatic rings. The molecule has 0 amide bonds. The Morgan fingerprint density at radius 1 is 1.06 bits per heavy atom. The fraction of sp³-hybridized carbons (Fsp3) is 0.250. The second kappa shape index (κ2) is 5.92. The van der Waals surface area contributed by atoms with E-state index in [-0.39, 0.29) is 0 Å². The number of hydrogen-bond donors (Lipinski definition) is 1. The van der Waals surface area contributed by atoms with Crippen LogP contribution < -0.4 is 5.32 Å². The molecule has 1 atom stereocenters. The maximum Gasteiger partial charge on any atom is 0.0511 e. The lowest BCUT2D eigenvalue weighted by molar-refractivity contribution is 0.748. The molecule has 0 aromatic heterocycles. The Hall–Kier alpha value is -1.47. The molecular weight excluding hydrogens is 242 g/mol. The maximum atomic E-state index is 6.15. The summed E-state index contributed by atoms with van der Waals surface area (Å²) in [5.41, 5.74) is 3.52. The quantitative estimate of drug-likeness (QED) is 0.795. The summed E-state index contributed by atoms with van der Waals surface area (Å²) < 4.78 is 0. The fourth-order valence-corrected chi connectivity index (χ4v) is 2.23. The highest BCUT2D eigenvalue weighted by Gasteiger charge is 2.10. The van der Waals surface area contributed by atoms with E-state index in [9.17, 15) is 0 Å². The van der Waals surface area contributed by atoms with Crippen molar-refractivity contribution in [3.05, 3.63) is 64.7 Å². The normalized spacial score (nSPS) is 12.2. The average Bonchev–Trinajstić information content (AvgIpc) is 2.41. The van der Waals surface area contributed by atoms with Crippen molar-refractivity contribution in [2.24, 2.45) is 0 Å². The van der Waals surface area contributed by atoms with E-state index in [1.165, 1.54) is 5.56 Å². The molecule has 1 nitrogen and oxygen atoms in total. The average molecular weight is 260 g/mol. The van der Waals surface area contributed by atoms with Gasteiger partial charge in [-0.3, -0.25) is 0 Å². The smallest absolute Gasteiger partial charge is 0.0511 e. The minimum absolute atomic E-state index is 0.323. The zero-order valence-electron chi connectivity index (χ0n) is 10.8. The molecule has 0 spiro atoms. The maximum absolute atomic E-state index is 6.15. The van der Waals surface area contributed by atoms with Gasteiger partial charge in [0.1, 0.15) is 0 Å². The van der Waals surface area contributed by atoms with Crippen LogP contribution in [-0.2, 0) is 0 Å². The Bertz CT molecular complexity index is 508. The van der Waals surface area contributed by atoms with Crippen LogP contribution in [0.3, 0.4) is 0 Å². The summed E-state index contributed by atoms with van der Waals surface area (Å²) in [6.45, 7) is 4.23. The van der Waals surface area contributed by atoms with Gasteiger partial charge in [0.2, 0.25) is 0 Å². The van der Waals surface area contributed by atoms with E-state index < -0.39 is 0 Å². The SMILES string of the molecule is CCC(Nc1cccc(Cl)c1C)c1ccccc1. The van der Waals surface area contributed by atoms with Gasteiger partial charge in [-0.05, 0) is 36.6 Å². The minimum Gasteiger partial charge on any atom is -0.378 e. The predicted octanol–water partition coefficient (Wildman–Crippen LogP) is 5.21. The van der Waals surface area contributed by atoms with Gasteiger partial charge in [-0.2, -0.15) is 0 Å². The van der Waals surface area contributed by atoms with Crippen LogP contribution in [0.2, 0.25) is 5.02 Å². The molecule has 1 N–H and O–H groups in total. The number of halogens is 1. The highest BCUT2D eigenvalue weighted by molar-refractivity contribution is 6.31. The van der Waals surface area contributed by atoms with Gasteiger partial charge in [0.15, 0.2) is 0 Å². The van der Waals surface area contributed by atoms with Crippen LogP contribution in [0.15, 0.2) is 48.5 Å².